The first kappa shape index (κ1) is 12.5. The van der Waals surface area contributed by atoms with E-state index < -0.39 is 0 Å². The number of esters is 1. The van der Waals surface area contributed by atoms with Crippen LogP contribution in [0.4, 0.5) is 0 Å². The lowest BCUT2D eigenvalue weighted by Crippen LogP contribution is -2.28. The maximum Gasteiger partial charge on any atom is 0.328 e. The van der Waals surface area contributed by atoms with Crippen LogP contribution in [0.1, 0.15) is 17.8 Å². The van der Waals surface area contributed by atoms with E-state index in [1.807, 2.05) is 25.1 Å². The molecule has 1 unspecified atom stereocenters. The Balaban J connectivity index is 2.88. The number of rotatable bonds is 4. The topological polar surface area (TPSA) is 29.5 Å². The van der Waals surface area contributed by atoms with Gasteiger partial charge < -0.3 is 4.74 Å². The van der Waals surface area contributed by atoms with E-state index in [2.05, 4.69) is 0 Å². The fraction of sp³-hybridized carbons (Fsp3) is 0.500. The molecule has 84 valence electrons. The zero-order chi connectivity index (χ0) is 11.4. The first-order valence-corrected chi connectivity index (χ1v) is 5.84. The summed E-state index contributed by atoms with van der Waals surface area (Å²) in [4.78, 5) is 14.4. The van der Waals surface area contributed by atoms with Crippen LogP contribution >= 0.6 is 22.9 Å². The Morgan fingerprint density at radius 3 is 2.67 bits per heavy atom. The summed E-state index contributed by atoms with van der Waals surface area (Å²) in [6, 6.07) is 3.29. The Morgan fingerprint density at radius 1 is 1.60 bits per heavy atom. The monoisotopic (exact) mass is 247 g/mol. The van der Waals surface area contributed by atoms with Gasteiger partial charge in [-0.1, -0.05) is 11.6 Å². The SMILES string of the molecule is CCOC(=O)C(c1ccc(Cl)s1)N(C)C. The molecule has 0 N–H and O–H groups in total. The lowest BCUT2D eigenvalue weighted by Gasteiger charge is -2.20. The van der Waals surface area contributed by atoms with Gasteiger partial charge in [0.25, 0.3) is 0 Å². The van der Waals surface area contributed by atoms with Crippen LogP contribution in [0.3, 0.4) is 0 Å². The van der Waals surface area contributed by atoms with Crippen molar-refractivity contribution in [3.8, 4) is 0 Å². The molecule has 0 aliphatic carbocycles. The van der Waals surface area contributed by atoms with Crippen LogP contribution in [0.15, 0.2) is 12.1 Å². The van der Waals surface area contributed by atoms with E-state index in [1.54, 1.807) is 13.0 Å². The molecule has 0 aromatic carbocycles. The van der Waals surface area contributed by atoms with Crippen molar-refractivity contribution in [1.29, 1.82) is 0 Å². The summed E-state index contributed by atoms with van der Waals surface area (Å²) in [5.41, 5.74) is 0. The van der Waals surface area contributed by atoms with Gasteiger partial charge >= 0.3 is 5.97 Å². The Hall–Kier alpha value is -0.580. The van der Waals surface area contributed by atoms with Gasteiger partial charge in [0.05, 0.1) is 10.9 Å². The molecule has 0 saturated carbocycles. The smallest absolute Gasteiger partial charge is 0.328 e. The molecule has 0 aliphatic rings. The van der Waals surface area contributed by atoms with Crippen LogP contribution in [0.25, 0.3) is 0 Å². The van der Waals surface area contributed by atoms with Gasteiger partial charge in [0, 0.05) is 4.88 Å². The predicted octanol–water partition coefficient (Wildman–Crippen LogP) is 2.57. The molecule has 0 saturated heterocycles. The normalized spacial score (nSPS) is 12.9. The summed E-state index contributed by atoms with van der Waals surface area (Å²) < 4.78 is 5.69. The van der Waals surface area contributed by atoms with Gasteiger partial charge in [0.2, 0.25) is 0 Å². The molecule has 15 heavy (non-hydrogen) atoms. The lowest BCUT2D eigenvalue weighted by molar-refractivity contribution is -0.148. The van der Waals surface area contributed by atoms with Crippen molar-refractivity contribution in [2.75, 3.05) is 20.7 Å². The highest BCUT2D eigenvalue weighted by atomic mass is 35.5. The van der Waals surface area contributed by atoms with Crippen LogP contribution < -0.4 is 0 Å². The summed E-state index contributed by atoms with van der Waals surface area (Å²) in [7, 11) is 3.68. The second kappa shape index (κ2) is 5.49. The summed E-state index contributed by atoms with van der Waals surface area (Å²) in [6.07, 6.45) is 0. The number of likely N-dealkylation sites (N-methyl/N-ethyl adjacent to an activating group) is 1. The Kier molecular flexibility index (Phi) is 4.57. The molecule has 1 heterocycles. The van der Waals surface area contributed by atoms with Crippen molar-refractivity contribution in [2.45, 2.75) is 13.0 Å². The van der Waals surface area contributed by atoms with Crippen molar-refractivity contribution in [3.05, 3.63) is 21.3 Å². The molecular weight excluding hydrogens is 234 g/mol. The van der Waals surface area contributed by atoms with Gasteiger partial charge in [0.15, 0.2) is 0 Å². The number of halogens is 1. The molecule has 0 fully saturated rings. The van der Waals surface area contributed by atoms with Crippen LogP contribution in [0.5, 0.6) is 0 Å². The fourth-order valence-corrected chi connectivity index (χ4v) is 2.52. The summed E-state index contributed by atoms with van der Waals surface area (Å²) in [5.74, 6) is -0.235. The molecule has 1 aromatic heterocycles. The van der Waals surface area contributed by atoms with Crippen LogP contribution in [-0.2, 0) is 9.53 Å². The zero-order valence-corrected chi connectivity index (χ0v) is 10.6. The first-order chi connectivity index (χ1) is 7.06. The third-order valence-electron chi connectivity index (χ3n) is 1.89. The summed E-state index contributed by atoms with van der Waals surface area (Å²) >= 11 is 7.24. The van der Waals surface area contributed by atoms with E-state index in [4.69, 9.17) is 16.3 Å². The largest absolute Gasteiger partial charge is 0.465 e. The quantitative estimate of drug-likeness (QED) is 0.766. The average Bonchev–Trinajstić information content (AvgIpc) is 2.51. The third-order valence-corrected chi connectivity index (χ3v) is 3.17. The lowest BCUT2D eigenvalue weighted by atomic mass is 10.2. The van der Waals surface area contributed by atoms with Gasteiger partial charge in [-0.25, -0.2) is 4.79 Å². The minimum atomic E-state index is -0.359. The minimum absolute atomic E-state index is 0.235. The maximum absolute atomic E-state index is 11.7. The van der Waals surface area contributed by atoms with Crippen LogP contribution in [-0.4, -0.2) is 31.6 Å². The molecule has 3 nitrogen and oxygen atoms in total. The molecule has 1 aromatic rings. The molecule has 0 bridgehead atoms. The van der Waals surface area contributed by atoms with Gasteiger partial charge in [0.1, 0.15) is 6.04 Å². The number of ether oxygens (including phenoxy) is 1. The van der Waals surface area contributed by atoms with Gasteiger partial charge in [-0.05, 0) is 33.2 Å². The third kappa shape index (κ3) is 3.19. The molecule has 5 heteroatoms. The highest BCUT2D eigenvalue weighted by molar-refractivity contribution is 7.16. The molecule has 0 spiro atoms. The summed E-state index contributed by atoms with van der Waals surface area (Å²) in [5, 5.41) is 0. The molecule has 0 amide bonds. The van der Waals surface area contributed by atoms with Gasteiger partial charge in [-0.3, -0.25) is 4.90 Å². The van der Waals surface area contributed by atoms with Crippen molar-refractivity contribution in [1.82, 2.24) is 4.90 Å². The molecular formula is C10H14ClNO2S. The Labute approximate surface area is 98.6 Å². The highest BCUT2D eigenvalue weighted by Crippen LogP contribution is 2.30. The number of hydrogen-bond donors (Lipinski definition) is 0. The van der Waals surface area contributed by atoms with Gasteiger partial charge in [-0.15, -0.1) is 11.3 Å². The molecule has 0 radical (unpaired) electrons. The number of nitrogens with zero attached hydrogens (tertiary/aromatic N) is 1. The van der Waals surface area contributed by atoms with Crippen molar-refractivity contribution in [3.63, 3.8) is 0 Å². The second-order valence-corrected chi connectivity index (χ2v) is 5.01. The van der Waals surface area contributed by atoms with E-state index in [0.717, 1.165) is 4.88 Å². The molecule has 0 aliphatic heterocycles. The number of thiophene rings is 1. The van der Waals surface area contributed by atoms with E-state index in [1.165, 1.54) is 11.3 Å². The van der Waals surface area contributed by atoms with Crippen LogP contribution in [0.2, 0.25) is 4.34 Å². The van der Waals surface area contributed by atoms with E-state index in [0.29, 0.717) is 10.9 Å². The number of carbonyl (C=O) groups excluding carboxylic acids is 1. The summed E-state index contributed by atoms with van der Waals surface area (Å²) in [6.45, 7) is 2.19. The second-order valence-electron chi connectivity index (χ2n) is 3.26. The van der Waals surface area contributed by atoms with Crippen molar-refractivity contribution in [2.24, 2.45) is 0 Å². The number of carbonyl (C=O) groups is 1. The predicted molar refractivity (Wildman–Crippen MR) is 62.4 cm³/mol. The average molecular weight is 248 g/mol. The number of hydrogen-bond acceptors (Lipinski definition) is 4. The van der Waals surface area contributed by atoms with E-state index in [-0.39, 0.29) is 12.0 Å². The van der Waals surface area contributed by atoms with Gasteiger partial charge in [-0.2, -0.15) is 0 Å². The Bertz CT molecular complexity index is 338. The van der Waals surface area contributed by atoms with Crippen LogP contribution in [0, 0.1) is 0 Å². The maximum atomic E-state index is 11.7. The molecule has 1 rings (SSSR count). The minimum Gasteiger partial charge on any atom is -0.465 e. The molecule has 1 atom stereocenters. The standard InChI is InChI=1S/C10H14ClNO2S/c1-4-14-10(13)9(12(2)3)7-5-6-8(11)15-7/h5-6,9H,4H2,1-3H3. The van der Waals surface area contributed by atoms with Crippen molar-refractivity contribution >= 4 is 28.9 Å². The zero-order valence-electron chi connectivity index (χ0n) is 8.99. The van der Waals surface area contributed by atoms with Crippen molar-refractivity contribution < 1.29 is 9.53 Å². The van der Waals surface area contributed by atoms with E-state index >= 15 is 0 Å². The fourth-order valence-electron chi connectivity index (χ4n) is 1.28. The Morgan fingerprint density at radius 2 is 2.27 bits per heavy atom. The first-order valence-electron chi connectivity index (χ1n) is 4.64. The van der Waals surface area contributed by atoms with E-state index in [9.17, 15) is 4.79 Å². The highest BCUT2D eigenvalue weighted by Gasteiger charge is 2.25.